The molecule has 3 nitrogen and oxygen atoms in total. The molecule has 0 N–H and O–H groups in total. The second-order valence-electron chi connectivity index (χ2n) is 4.43. The van der Waals surface area contributed by atoms with Gasteiger partial charge in [-0.1, -0.05) is 18.2 Å². The lowest BCUT2D eigenvalue weighted by Crippen LogP contribution is -1.95. The Kier molecular flexibility index (Phi) is 5.16. The summed E-state index contributed by atoms with van der Waals surface area (Å²) in [7, 11) is 1.62. The fourth-order valence-corrected chi connectivity index (χ4v) is 1.90. The summed E-state index contributed by atoms with van der Waals surface area (Å²) in [5.41, 5.74) is 1.56. The monoisotopic (exact) mass is 282 g/mol. The minimum Gasteiger partial charge on any atom is -0.497 e. The number of carbonyl (C=O) groups excluding carboxylic acids is 1. The van der Waals surface area contributed by atoms with Crippen molar-refractivity contribution in [2.45, 2.75) is 6.92 Å². The zero-order valence-corrected chi connectivity index (χ0v) is 12.2. The van der Waals surface area contributed by atoms with Gasteiger partial charge in [-0.15, -0.1) is 0 Å². The SMILES string of the molecule is CCOc1ccc(C(=O)C=Cc2cccc(OC)c2)cc1. The highest BCUT2D eigenvalue weighted by molar-refractivity contribution is 6.06. The molecule has 0 amide bonds. The third-order valence-corrected chi connectivity index (χ3v) is 2.97. The van der Waals surface area contributed by atoms with Crippen LogP contribution in [0.2, 0.25) is 0 Å². The van der Waals surface area contributed by atoms with Crippen LogP contribution in [-0.2, 0) is 0 Å². The molecule has 0 saturated carbocycles. The van der Waals surface area contributed by atoms with Gasteiger partial charge in [-0.25, -0.2) is 0 Å². The van der Waals surface area contributed by atoms with E-state index in [-0.39, 0.29) is 5.78 Å². The second-order valence-corrected chi connectivity index (χ2v) is 4.43. The Morgan fingerprint density at radius 2 is 1.86 bits per heavy atom. The van der Waals surface area contributed by atoms with Crippen molar-refractivity contribution < 1.29 is 14.3 Å². The van der Waals surface area contributed by atoms with E-state index in [4.69, 9.17) is 9.47 Å². The van der Waals surface area contributed by atoms with Crippen LogP contribution in [0.25, 0.3) is 6.08 Å². The Morgan fingerprint density at radius 3 is 2.52 bits per heavy atom. The Balaban J connectivity index is 2.07. The van der Waals surface area contributed by atoms with Crippen molar-refractivity contribution in [2.75, 3.05) is 13.7 Å². The van der Waals surface area contributed by atoms with E-state index in [2.05, 4.69) is 0 Å². The molecule has 3 heteroatoms. The standard InChI is InChI=1S/C18H18O3/c1-3-21-16-10-8-15(9-11-16)18(19)12-7-14-5-4-6-17(13-14)20-2/h4-13H,3H2,1-2H3. The van der Waals surface area contributed by atoms with E-state index in [9.17, 15) is 4.79 Å². The number of ketones is 1. The molecule has 0 fully saturated rings. The van der Waals surface area contributed by atoms with Crippen molar-refractivity contribution in [3.05, 3.63) is 65.7 Å². The van der Waals surface area contributed by atoms with Gasteiger partial charge in [-0.05, 0) is 55.0 Å². The Morgan fingerprint density at radius 1 is 1.10 bits per heavy atom. The summed E-state index contributed by atoms with van der Waals surface area (Å²) in [6.45, 7) is 2.54. The first-order valence-electron chi connectivity index (χ1n) is 6.82. The first-order valence-corrected chi connectivity index (χ1v) is 6.82. The van der Waals surface area contributed by atoms with E-state index in [1.54, 1.807) is 43.5 Å². The molecule has 2 aromatic carbocycles. The van der Waals surface area contributed by atoms with Gasteiger partial charge in [0.15, 0.2) is 5.78 Å². The molecule has 0 bridgehead atoms. The average Bonchev–Trinajstić information content (AvgIpc) is 2.54. The number of rotatable bonds is 6. The molecule has 0 radical (unpaired) electrons. The van der Waals surface area contributed by atoms with Gasteiger partial charge in [0, 0.05) is 5.56 Å². The smallest absolute Gasteiger partial charge is 0.185 e. The number of hydrogen-bond donors (Lipinski definition) is 0. The highest BCUT2D eigenvalue weighted by Gasteiger charge is 2.02. The van der Waals surface area contributed by atoms with Crippen molar-refractivity contribution in [1.29, 1.82) is 0 Å². The molecule has 0 aliphatic heterocycles. The van der Waals surface area contributed by atoms with Gasteiger partial charge in [-0.2, -0.15) is 0 Å². The maximum Gasteiger partial charge on any atom is 0.185 e. The van der Waals surface area contributed by atoms with Crippen LogP contribution in [0.3, 0.4) is 0 Å². The van der Waals surface area contributed by atoms with Crippen LogP contribution in [0.1, 0.15) is 22.8 Å². The molecular formula is C18H18O3. The van der Waals surface area contributed by atoms with Crippen molar-refractivity contribution >= 4 is 11.9 Å². The lowest BCUT2D eigenvalue weighted by atomic mass is 10.1. The minimum absolute atomic E-state index is 0.0409. The van der Waals surface area contributed by atoms with Gasteiger partial charge < -0.3 is 9.47 Å². The van der Waals surface area contributed by atoms with Crippen LogP contribution in [0.5, 0.6) is 11.5 Å². The van der Waals surface area contributed by atoms with Crippen molar-refractivity contribution in [1.82, 2.24) is 0 Å². The zero-order valence-electron chi connectivity index (χ0n) is 12.2. The third-order valence-electron chi connectivity index (χ3n) is 2.97. The van der Waals surface area contributed by atoms with E-state index in [1.807, 2.05) is 31.2 Å². The zero-order chi connectivity index (χ0) is 15.1. The number of carbonyl (C=O) groups is 1. The predicted molar refractivity (Wildman–Crippen MR) is 84.0 cm³/mol. The summed E-state index contributed by atoms with van der Waals surface area (Å²) in [5.74, 6) is 1.50. The quantitative estimate of drug-likeness (QED) is 0.593. The predicted octanol–water partition coefficient (Wildman–Crippen LogP) is 3.99. The van der Waals surface area contributed by atoms with Crippen LogP contribution < -0.4 is 9.47 Å². The molecule has 2 aromatic rings. The highest BCUT2D eigenvalue weighted by atomic mass is 16.5. The fourth-order valence-electron chi connectivity index (χ4n) is 1.90. The summed E-state index contributed by atoms with van der Waals surface area (Å²) in [5, 5.41) is 0. The number of ether oxygens (including phenoxy) is 2. The molecule has 108 valence electrons. The normalized spacial score (nSPS) is 10.6. The lowest BCUT2D eigenvalue weighted by Gasteiger charge is -2.03. The van der Waals surface area contributed by atoms with Gasteiger partial charge >= 0.3 is 0 Å². The average molecular weight is 282 g/mol. The summed E-state index contributed by atoms with van der Waals surface area (Å²) in [6, 6.07) is 14.7. The topological polar surface area (TPSA) is 35.5 Å². The number of allylic oxidation sites excluding steroid dienone is 1. The van der Waals surface area contributed by atoms with Crippen molar-refractivity contribution in [3.63, 3.8) is 0 Å². The van der Waals surface area contributed by atoms with Crippen LogP contribution >= 0.6 is 0 Å². The van der Waals surface area contributed by atoms with Gasteiger partial charge in [0.2, 0.25) is 0 Å². The molecular weight excluding hydrogens is 264 g/mol. The summed E-state index contributed by atoms with van der Waals surface area (Å²) >= 11 is 0. The molecule has 0 aliphatic rings. The van der Waals surface area contributed by atoms with E-state index in [0.717, 1.165) is 17.1 Å². The molecule has 0 aromatic heterocycles. The minimum atomic E-state index is -0.0409. The second kappa shape index (κ2) is 7.29. The molecule has 0 spiro atoms. The highest BCUT2D eigenvalue weighted by Crippen LogP contribution is 2.15. The molecule has 21 heavy (non-hydrogen) atoms. The third kappa shape index (κ3) is 4.21. The Hall–Kier alpha value is -2.55. The van der Waals surface area contributed by atoms with Gasteiger partial charge in [0.25, 0.3) is 0 Å². The van der Waals surface area contributed by atoms with E-state index >= 15 is 0 Å². The number of hydrogen-bond acceptors (Lipinski definition) is 3. The molecule has 0 heterocycles. The molecule has 0 unspecified atom stereocenters. The largest absolute Gasteiger partial charge is 0.497 e. The van der Waals surface area contributed by atoms with Crippen LogP contribution in [0, 0.1) is 0 Å². The van der Waals surface area contributed by atoms with Crippen LogP contribution in [-0.4, -0.2) is 19.5 Å². The maximum absolute atomic E-state index is 12.1. The molecule has 0 aliphatic carbocycles. The number of methoxy groups -OCH3 is 1. The Labute approximate surface area is 124 Å². The maximum atomic E-state index is 12.1. The van der Waals surface area contributed by atoms with Gasteiger partial charge in [0.05, 0.1) is 13.7 Å². The van der Waals surface area contributed by atoms with E-state index in [0.29, 0.717) is 12.2 Å². The lowest BCUT2D eigenvalue weighted by molar-refractivity contribution is 0.104. The summed E-state index contributed by atoms with van der Waals surface area (Å²) < 4.78 is 10.5. The van der Waals surface area contributed by atoms with Gasteiger partial charge in [-0.3, -0.25) is 4.79 Å². The van der Waals surface area contributed by atoms with E-state index < -0.39 is 0 Å². The molecule has 2 rings (SSSR count). The van der Waals surface area contributed by atoms with Crippen LogP contribution in [0.4, 0.5) is 0 Å². The first-order chi connectivity index (χ1) is 10.2. The van der Waals surface area contributed by atoms with Crippen LogP contribution in [0.15, 0.2) is 54.6 Å². The van der Waals surface area contributed by atoms with Gasteiger partial charge in [0.1, 0.15) is 11.5 Å². The fraction of sp³-hybridized carbons (Fsp3) is 0.167. The van der Waals surface area contributed by atoms with Crippen molar-refractivity contribution in [3.8, 4) is 11.5 Å². The number of benzene rings is 2. The summed E-state index contributed by atoms with van der Waals surface area (Å²) in [6.07, 6.45) is 3.34. The summed E-state index contributed by atoms with van der Waals surface area (Å²) in [4.78, 5) is 12.1. The molecule has 0 atom stereocenters. The van der Waals surface area contributed by atoms with Crippen molar-refractivity contribution in [2.24, 2.45) is 0 Å². The Bertz CT molecular complexity index is 627. The first kappa shape index (κ1) is 14.9. The van der Waals surface area contributed by atoms with E-state index in [1.165, 1.54) is 0 Å². The molecule has 0 saturated heterocycles.